The second kappa shape index (κ2) is 8.34. The molecule has 0 spiro atoms. The molecule has 152 valence electrons. The van der Waals surface area contributed by atoms with Crippen LogP contribution >= 0.6 is 12.2 Å². The van der Waals surface area contributed by atoms with Gasteiger partial charge < -0.3 is 19.1 Å². The molecular formula is C21H25FN5OS+. The van der Waals surface area contributed by atoms with E-state index in [1.165, 1.54) is 16.7 Å². The third-order valence-corrected chi connectivity index (χ3v) is 5.92. The Morgan fingerprint density at radius 2 is 1.79 bits per heavy atom. The van der Waals surface area contributed by atoms with Gasteiger partial charge in [0, 0.05) is 12.7 Å². The Kier molecular flexibility index (Phi) is 5.64. The van der Waals surface area contributed by atoms with Gasteiger partial charge in [-0.2, -0.15) is 4.68 Å². The first-order valence-electron chi connectivity index (χ1n) is 9.68. The first kappa shape index (κ1) is 19.6. The van der Waals surface area contributed by atoms with Crippen molar-refractivity contribution in [3.05, 3.63) is 59.1 Å². The minimum atomic E-state index is -0.289. The summed E-state index contributed by atoms with van der Waals surface area (Å²) in [7, 11) is 3.52. The Labute approximate surface area is 174 Å². The van der Waals surface area contributed by atoms with Crippen molar-refractivity contribution >= 4 is 17.9 Å². The van der Waals surface area contributed by atoms with Gasteiger partial charge in [-0.05, 0) is 48.6 Å². The Balaban J connectivity index is 1.44. The van der Waals surface area contributed by atoms with E-state index in [-0.39, 0.29) is 5.82 Å². The molecular weight excluding hydrogens is 389 g/mol. The van der Waals surface area contributed by atoms with E-state index in [2.05, 4.69) is 22.1 Å². The molecule has 0 radical (unpaired) electrons. The highest BCUT2D eigenvalue weighted by molar-refractivity contribution is 7.71. The molecule has 2 aromatic carbocycles. The van der Waals surface area contributed by atoms with Crippen LogP contribution in [0.2, 0.25) is 0 Å². The van der Waals surface area contributed by atoms with Gasteiger partial charge >= 0.3 is 0 Å². The molecule has 1 saturated heterocycles. The Morgan fingerprint density at radius 3 is 2.45 bits per heavy atom. The van der Waals surface area contributed by atoms with E-state index in [0.717, 1.165) is 31.9 Å². The number of nitrogens with one attached hydrogen (secondary N) is 1. The van der Waals surface area contributed by atoms with Crippen molar-refractivity contribution in [2.75, 3.05) is 38.2 Å². The summed E-state index contributed by atoms with van der Waals surface area (Å²) in [6, 6.07) is 14.8. The quantitative estimate of drug-likeness (QED) is 0.650. The predicted octanol–water partition coefficient (Wildman–Crippen LogP) is 2.13. The van der Waals surface area contributed by atoms with E-state index < -0.39 is 0 Å². The number of ether oxygens (including phenoxy) is 1. The van der Waals surface area contributed by atoms with Gasteiger partial charge in [-0.25, -0.2) is 4.39 Å². The average molecular weight is 415 g/mol. The molecule has 1 fully saturated rings. The molecule has 1 N–H and O–H groups in total. The number of rotatable bonds is 5. The fourth-order valence-electron chi connectivity index (χ4n) is 3.71. The summed E-state index contributed by atoms with van der Waals surface area (Å²) in [5.41, 5.74) is 1.68. The number of piperazine rings is 1. The van der Waals surface area contributed by atoms with E-state index >= 15 is 0 Å². The standard InChI is InChI=1S/C21H24FN5OS/c1-24-20(18-5-3-4-6-19(18)22)23-27(21(24)29)15-25-11-13-26(14-12-25)16-7-9-17(28-2)10-8-16/h3-10H,11-15H2,1-2H3/p+1. The highest BCUT2D eigenvalue weighted by Gasteiger charge is 2.22. The summed E-state index contributed by atoms with van der Waals surface area (Å²) in [6.07, 6.45) is 0. The molecule has 0 saturated carbocycles. The zero-order chi connectivity index (χ0) is 20.4. The molecule has 3 aromatic rings. The zero-order valence-electron chi connectivity index (χ0n) is 16.6. The van der Waals surface area contributed by atoms with Crippen LogP contribution < -0.4 is 14.5 Å². The van der Waals surface area contributed by atoms with Crippen LogP contribution in [0.4, 0.5) is 10.1 Å². The fraction of sp³-hybridized carbons (Fsp3) is 0.333. The molecule has 1 aliphatic rings. The maximum atomic E-state index is 14.2. The fourth-order valence-corrected chi connectivity index (χ4v) is 3.90. The first-order chi connectivity index (χ1) is 14.1. The second-order valence-electron chi connectivity index (χ2n) is 7.24. The number of benzene rings is 2. The van der Waals surface area contributed by atoms with Gasteiger partial charge in [-0.15, -0.1) is 5.10 Å². The van der Waals surface area contributed by atoms with E-state index in [9.17, 15) is 4.39 Å². The summed E-state index contributed by atoms with van der Waals surface area (Å²) in [4.78, 5) is 3.79. The number of hydrogen-bond acceptors (Lipinski definition) is 4. The van der Waals surface area contributed by atoms with Gasteiger partial charge in [0.05, 0.1) is 38.9 Å². The van der Waals surface area contributed by atoms with E-state index in [4.69, 9.17) is 17.0 Å². The third kappa shape index (κ3) is 4.04. The monoisotopic (exact) mass is 414 g/mol. The lowest BCUT2D eigenvalue weighted by molar-refractivity contribution is -0.924. The molecule has 0 atom stereocenters. The van der Waals surface area contributed by atoms with Crippen molar-refractivity contribution < 1.29 is 14.0 Å². The lowest BCUT2D eigenvalue weighted by Crippen LogP contribution is -3.14. The van der Waals surface area contributed by atoms with E-state index in [1.807, 2.05) is 29.9 Å². The number of anilines is 1. The van der Waals surface area contributed by atoms with Crippen LogP contribution in [-0.2, 0) is 13.7 Å². The first-order valence-corrected chi connectivity index (χ1v) is 10.1. The molecule has 0 aliphatic carbocycles. The van der Waals surface area contributed by atoms with Gasteiger partial charge in [0.25, 0.3) is 0 Å². The highest BCUT2D eigenvalue weighted by Crippen LogP contribution is 2.21. The minimum Gasteiger partial charge on any atom is -0.497 e. The van der Waals surface area contributed by atoms with Gasteiger partial charge in [0.15, 0.2) is 12.5 Å². The van der Waals surface area contributed by atoms with Crippen LogP contribution in [0.1, 0.15) is 0 Å². The molecule has 0 unspecified atom stereocenters. The minimum absolute atomic E-state index is 0.289. The smallest absolute Gasteiger partial charge is 0.202 e. The van der Waals surface area contributed by atoms with Crippen molar-refractivity contribution in [2.24, 2.45) is 7.05 Å². The number of nitrogens with zero attached hydrogens (tertiary/aromatic N) is 4. The van der Waals surface area contributed by atoms with Crippen LogP contribution in [-0.4, -0.2) is 47.6 Å². The van der Waals surface area contributed by atoms with Gasteiger partial charge in [-0.1, -0.05) is 12.1 Å². The molecule has 2 heterocycles. The maximum absolute atomic E-state index is 14.2. The molecule has 0 bridgehead atoms. The number of aromatic nitrogens is 3. The Bertz CT molecular complexity index is 1040. The van der Waals surface area contributed by atoms with Crippen LogP contribution in [0, 0.1) is 10.6 Å². The number of halogens is 1. The normalized spacial score (nSPS) is 14.9. The largest absolute Gasteiger partial charge is 0.497 e. The van der Waals surface area contributed by atoms with Crippen molar-refractivity contribution in [3.8, 4) is 17.1 Å². The predicted molar refractivity (Wildman–Crippen MR) is 113 cm³/mol. The highest BCUT2D eigenvalue weighted by atomic mass is 32.1. The molecule has 29 heavy (non-hydrogen) atoms. The molecule has 1 aromatic heterocycles. The van der Waals surface area contributed by atoms with Crippen LogP contribution in [0.5, 0.6) is 5.75 Å². The summed E-state index contributed by atoms with van der Waals surface area (Å²) in [6.45, 7) is 4.57. The van der Waals surface area contributed by atoms with Crippen molar-refractivity contribution in [3.63, 3.8) is 0 Å². The van der Waals surface area contributed by atoms with Gasteiger partial charge in [0.2, 0.25) is 4.77 Å². The topological polar surface area (TPSA) is 39.7 Å². The lowest BCUT2D eigenvalue weighted by atomic mass is 10.2. The molecule has 1 aliphatic heterocycles. The molecule has 0 amide bonds. The summed E-state index contributed by atoms with van der Waals surface area (Å²) >= 11 is 5.55. The Morgan fingerprint density at radius 1 is 1.10 bits per heavy atom. The molecule has 8 heteroatoms. The second-order valence-corrected chi connectivity index (χ2v) is 7.60. The molecule has 4 rings (SSSR count). The summed E-state index contributed by atoms with van der Waals surface area (Å²) < 4.78 is 23.6. The van der Waals surface area contributed by atoms with Crippen LogP contribution in [0.25, 0.3) is 11.4 Å². The van der Waals surface area contributed by atoms with E-state index in [0.29, 0.717) is 22.8 Å². The van der Waals surface area contributed by atoms with Gasteiger partial charge in [0.1, 0.15) is 11.6 Å². The summed E-state index contributed by atoms with van der Waals surface area (Å²) in [5, 5.41) is 4.62. The lowest BCUT2D eigenvalue weighted by Gasteiger charge is -2.33. The van der Waals surface area contributed by atoms with Gasteiger partial charge in [-0.3, -0.25) is 0 Å². The number of hydrogen-bond donors (Lipinski definition) is 1. The number of methoxy groups -OCH3 is 1. The third-order valence-electron chi connectivity index (χ3n) is 5.44. The summed E-state index contributed by atoms with van der Waals surface area (Å²) in [5.74, 6) is 1.14. The Hall–Kier alpha value is -2.71. The average Bonchev–Trinajstić information content (AvgIpc) is 3.03. The van der Waals surface area contributed by atoms with Crippen LogP contribution in [0.15, 0.2) is 48.5 Å². The maximum Gasteiger partial charge on any atom is 0.202 e. The van der Waals surface area contributed by atoms with Crippen LogP contribution in [0.3, 0.4) is 0 Å². The van der Waals surface area contributed by atoms with Crippen molar-refractivity contribution in [1.29, 1.82) is 0 Å². The number of quaternary nitrogens is 1. The van der Waals surface area contributed by atoms with Crippen molar-refractivity contribution in [1.82, 2.24) is 14.3 Å². The SMILES string of the molecule is COc1ccc(N2CC[NH+](Cn3nc(-c4ccccc4F)n(C)c3=S)CC2)cc1. The molecule has 6 nitrogen and oxygen atoms in total. The van der Waals surface area contributed by atoms with Crippen molar-refractivity contribution in [2.45, 2.75) is 6.67 Å². The van der Waals surface area contributed by atoms with E-state index in [1.54, 1.807) is 23.8 Å². The zero-order valence-corrected chi connectivity index (χ0v) is 17.5.